The van der Waals surface area contributed by atoms with Gasteiger partial charge in [0, 0.05) is 19.5 Å². The third-order valence-electron chi connectivity index (χ3n) is 6.88. The highest BCUT2D eigenvalue weighted by atomic mass is 32.2. The van der Waals surface area contributed by atoms with E-state index in [2.05, 4.69) is 5.32 Å². The lowest BCUT2D eigenvalue weighted by molar-refractivity contribution is -0.140. The Morgan fingerprint density at radius 1 is 0.872 bits per heavy atom. The van der Waals surface area contributed by atoms with E-state index in [9.17, 15) is 18.0 Å². The number of anilines is 1. The summed E-state index contributed by atoms with van der Waals surface area (Å²) >= 11 is 0. The monoisotopic (exact) mass is 549 g/mol. The summed E-state index contributed by atoms with van der Waals surface area (Å²) in [5.41, 5.74) is 5.15. The first kappa shape index (κ1) is 29.9. The molecular weight excluding hydrogens is 510 g/mol. The van der Waals surface area contributed by atoms with Crippen LogP contribution in [0.3, 0.4) is 0 Å². The van der Waals surface area contributed by atoms with Gasteiger partial charge in [-0.2, -0.15) is 0 Å². The van der Waals surface area contributed by atoms with E-state index in [1.165, 1.54) is 4.90 Å². The van der Waals surface area contributed by atoms with Gasteiger partial charge in [-0.3, -0.25) is 13.9 Å². The molecule has 1 atom stereocenters. The summed E-state index contributed by atoms with van der Waals surface area (Å²) < 4.78 is 26.9. The van der Waals surface area contributed by atoms with Crippen molar-refractivity contribution in [1.82, 2.24) is 10.2 Å². The number of rotatable bonds is 12. The van der Waals surface area contributed by atoms with Gasteiger partial charge in [-0.15, -0.1) is 0 Å². The third-order valence-corrected chi connectivity index (χ3v) is 8.02. The maximum absolute atomic E-state index is 14.1. The van der Waals surface area contributed by atoms with Crippen LogP contribution in [0.25, 0.3) is 0 Å². The van der Waals surface area contributed by atoms with Crippen LogP contribution in [-0.2, 0) is 32.6 Å². The molecule has 0 aromatic heterocycles. The van der Waals surface area contributed by atoms with Gasteiger partial charge in [-0.1, -0.05) is 67.6 Å². The lowest BCUT2D eigenvalue weighted by Gasteiger charge is -2.34. The fraction of sp³-hybridized carbons (Fsp3) is 0.355. The second-order valence-corrected chi connectivity index (χ2v) is 11.9. The molecule has 0 radical (unpaired) electrons. The van der Waals surface area contributed by atoms with Gasteiger partial charge >= 0.3 is 0 Å². The minimum absolute atomic E-state index is 0.174. The average Bonchev–Trinajstić information content (AvgIpc) is 2.90. The van der Waals surface area contributed by atoms with Crippen LogP contribution in [0.4, 0.5) is 5.69 Å². The van der Waals surface area contributed by atoms with Crippen LogP contribution >= 0.6 is 0 Å². The van der Waals surface area contributed by atoms with Crippen LogP contribution < -0.4 is 9.62 Å². The van der Waals surface area contributed by atoms with Crippen LogP contribution in [0.1, 0.15) is 41.2 Å². The molecule has 0 aliphatic heterocycles. The Labute approximate surface area is 232 Å². The molecule has 7 nitrogen and oxygen atoms in total. The van der Waals surface area contributed by atoms with Crippen LogP contribution in [0.5, 0.6) is 0 Å². The topological polar surface area (TPSA) is 86.8 Å². The van der Waals surface area contributed by atoms with Crippen molar-refractivity contribution in [3.8, 4) is 0 Å². The molecule has 1 unspecified atom stereocenters. The molecule has 0 bridgehead atoms. The smallest absolute Gasteiger partial charge is 0.244 e. The van der Waals surface area contributed by atoms with Crippen molar-refractivity contribution >= 4 is 27.5 Å². The van der Waals surface area contributed by atoms with E-state index in [0.717, 1.165) is 44.8 Å². The quantitative estimate of drug-likeness (QED) is 0.359. The Morgan fingerprint density at radius 2 is 1.54 bits per heavy atom. The average molecular weight is 550 g/mol. The summed E-state index contributed by atoms with van der Waals surface area (Å²) in [5, 5.41) is 2.95. The van der Waals surface area contributed by atoms with Gasteiger partial charge in [0.15, 0.2) is 0 Å². The molecule has 0 spiro atoms. The first-order valence-corrected chi connectivity index (χ1v) is 15.1. The Kier molecular flexibility index (Phi) is 10.3. The largest absolute Gasteiger partial charge is 0.354 e. The molecule has 0 heterocycles. The number of hydrogen-bond acceptors (Lipinski definition) is 4. The summed E-state index contributed by atoms with van der Waals surface area (Å²) in [7, 11) is -3.79. The Morgan fingerprint density at radius 3 is 2.15 bits per heavy atom. The molecule has 0 aliphatic carbocycles. The van der Waals surface area contributed by atoms with E-state index in [1.807, 2.05) is 88.4 Å². The van der Waals surface area contributed by atoms with Crippen molar-refractivity contribution in [1.29, 1.82) is 0 Å². The second kappa shape index (κ2) is 13.4. The van der Waals surface area contributed by atoms with E-state index in [4.69, 9.17) is 0 Å². The highest BCUT2D eigenvalue weighted by Crippen LogP contribution is 2.23. The number of nitrogens with one attached hydrogen (secondary N) is 1. The minimum Gasteiger partial charge on any atom is -0.354 e. The SMILES string of the molecule is CCCNC(=O)C(Cc1ccccc1)N(Cc1ccccc1C)C(=O)CN(c1ccc(C)c(C)c1)S(C)(=O)=O. The Hall–Kier alpha value is -3.65. The third kappa shape index (κ3) is 8.17. The van der Waals surface area contributed by atoms with Gasteiger partial charge in [0.05, 0.1) is 11.9 Å². The summed E-state index contributed by atoms with van der Waals surface area (Å²) in [6.07, 6.45) is 2.15. The number of carbonyl (C=O) groups excluding carboxylic acids is 2. The summed E-state index contributed by atoms with van der Waals surface area (Å²) in [6, 6.07) is 21.7. The minimum atomic E-state index is -3.79. The van der Waals surface area contributed by atoms with Crippen molar-refractivity contribution in [3.63, 3.8) is 0 Å². The zero-order valence-electron chi connectivity index (χ0n) is 23.5. The van der Waals surface area contributed by atoms with Crippen LogP contribution in [0.2, 0.25) is 0 Å². The van der Waals surface area contributed by atoms with E-state index in [0.29, 0.717) is 18.7 Å². The zero-order chi connectivity index (χ0) is 28.6. The summed E-state index contributed by atoms with van der Waals surface area (Å²) in [4.78, 5) is 29.1. The first-order valence-electron chi connectivity index (χ1n) is 13.2. The van der Waals surface area contributed by atoms with Crippen LogP contribution in [0.15, 0.2) is 72.8 Å². The van der Waals surface area contributed by atoms with Crippen molar-refractivity contribution in [2.24, 2.45) is 0 Å². The predicted molar refractivity (Wildman–Crippen MR) is 157 cm³/mol. The summed E-state index contributed by atoms with van der Waals surface area (Å²) in [6.45, 7) is 8.01. The molecule has 8 heteroatoms. The van der Waals surface area contributed by atoms with Gasteiger partial charge < -0.3 is 10.2 Å². The standard InChI is InChI=1S/C31H39N3O4S/c1-6-18-32-31(36)29(20-26-13-8-7-9-14-26)33(21-27-15-11-10-12-24(27)3)30(35)22-34(39(5,37)38)28-17-16-23(2)25(4)19-28/h7-17,19,29H,6,18,20-22H2,1-5H3,(H,32,36). The van der Waals surface area contributed by atoms with Crippen molar-refractivity contribution in [2.45, 2.75) is 53.1 Å². The number of nitrogens with zero attached hydrogens (tertiary/aromatic N) is 2. The molecule has 208 valence electrons. The van der Waals surface area contributed by atoms with Gasteiger partial charge in [0.2, 0.25) is 21.8 Å². The molecule has 0 fully saturated rings. The molecular formula is C31H39N3O4S. The van der Waals surface area contributed by atoms with E-state index in [1.54, 1.807) is 12.1 Å². The number of carbonyl (C=O) groups is 2. The first-order chi connectivity index (χ1) is 18.5. The molecule has 2 amide bonds. The number of benzene rings is 3. The maximum Gasteiger partial charge on any atom is 0.244 e. The maximum atomic E-state index is 14.1. The normalized spacial score (nSPS) is 12.0. The fourth-order valence-electron chi connectivity index (χ4n) is 4.39. The lowest BCUT2D eigenvalue weighted by Crippen LogP contribution is -2.53. The fourth-order valence-corrected chi connectivity index (χ4v) is 5.23. The Balaban J connectivity index is 2.06. The number of hydrogen-bond donors (Lipinski definition) is 1. The molecule has 39 heavy (non-hydrogen) atoms. The molecule has 1 N–H and O–H groups in total. The van der Waals surface area contributed by atoms with Crippen LogP contribution in [-0.4, -0.2) is 50.5 Å². The predicted octanol–water partition coefficient (Wildman–Crippen LogP) is 4.54. The number of aryl methyl sites for hydroxylation is 3. The van der Waals surface area contributed by atoms with Gasteiger partial charge in [-0.25, -0.2) is 8.42 Å². The second-order valence-electron chi connectivity index (χ2n) is 9.98. The molecule has 0 saturated carbocycles. The van der Waals surface area contributed by atoms with E-state index < -0.39 is 28.5 Å². The lowest BCUT2D eigenvalue weighted by atomic mass is 10.0. The Bertz CT molecular complexity index is 1390. The molecule has 3 rings (SSSR count). The van der Waals surface area contributed by atoms with Gasteiger partial charge in [0.25, 0.3) is 0 Å². The van der Waals surface area contributed by atoms with Crippen molar-refractivity contribution in [3.05, 3.63) is 101 Å². The molecule has 3 aromatic rings. The molecule has 3 aromatic carbocycles. The molecule has 0 saturated heterocycles. The zero-order valence-corrected chi connectivity index (χ0v) is 24.3. The number of sulfonamides is 1. The van der Waals surface area contributed by atoms with Crippen molar-refractivity contribution < 1.29 is 18.0 Å². The van der Waals surface area contributed by atoms with E-state index in [-0.39, 0.29) is 12.5 Å². The number of amides is 2. The van der Waals surface area contributed by atoms with Gasteiger partial charge in [-0.05, 0) is 67.1 Å². The summed E-state index contributed by atoms with van der Waals surface area (Å²) in [5.74, 6) is -0.714. The van der Waals surface area contributed by atoms with Gasteiger partial charge in [0.1, 0.15) is 12.6 Å². The highest BCUT2D eigenvalue weighted by Gasteiger charge is 2.33. The van der Waals surface area contributed by atoms with Crippen LogP contribution in [0, 0.1) is 20.8 Å². The highest BCUT2D eigenvalue weighted by molar-refractivity contribution is 7.92. The van der Waals surface area contributed by atoms with Crippen molar-refractivity contribution in [2.75, 3.05) is 23.7 Å². The molecule has 0 aliphatic rings. The van der Waals surface area contributed by atoms with E-state index >= 15 is 0 Å².